The molecule has 0 aliphatic heterocycles. The first-order valence-electron chi connectivity index (χ1n) is 8.40. The maximum Gasteiger partial charge on any atom is 0.319 e. The lowest BCUT2D eigenvalue weighted by atomic mass is 10.1. The van der Waals surface area contributed by atoms with Crippen LogP contribution in [0.4, 0.5) is 10.5 Å². The number of anilines is 1. The number of rotatable bonds is 6. The Bertz CT molecular complexity index is 983. The van der Waals surface area contributed by atoms with Gasteiger partial charge in [-0.05, 0) is 36.1 Å². The highest BCUT2D eigenvalue weighted by atomic mass is 32.2. The number of thiophene rings is 1. The molecule has 3 rings (SSSR count). The van der Waals surface area contributed by atoms with E-state index < -0.39 is 21.1 Å². The Labute approximate surface area is 163 Å². The number of nitrogens with one attached hydrogen (secondary N) is 2. The molecule has 2 aromatic carbocycles. The zero-order chi connectivity index (χ0) is 19.3. The van der Waals surface area contributed by atoms with Crippen molar-refractivity contribution in [3.63, 3.8) is 0 Å². The minimum atomic E-state index is -3.62. The normalized spacial score (nSPS) is 12.3. The van der Waals surface area contributed by atoms with Gasteiger partial charge in [0, 0.05) is 12.2 Å². The van der Waals surface area contributed by atoms with Crippen molar-refractivity contribution in [1.29, 1.82) is 0 Å². The molecule has 2 amide bonds. The highest BCUT2D eigenvalue weighted by Gasteiger charge is 2.30. The van der Waals surface area contributed by atoms with Gasteiger partial charge in [-0.15, -0.1) is 11.3 Å². The van der Waals surface area contributed by atoms with Gasteiger partial charge in [0.1, 0.15) is 9.46 Å². The molecule has 0 saturated carbocycles. The van der Waals surface area contributed by atoms with E-state index in [4.69, 9.17) is 0 Å². The highest BCUT2D eigenvalue weighted by molar-refractivity contribution is 7.93. The van der Waals surface area contributed by atoms with E-state index >= 15 is 0 Å². The average molecular weight is 401 g/mol. The zero-order valence-corrected chi connectivity index (χ0v) is 16.4. The second kappa shape index (κ2) is 8.37. The minimum Gasteiger partial charge on any atom is -0.336 e. The fourth-order valence-electron chi connectivity index (χ4n) is 2.64. The molecule has 2 N–H and O–H groups in total. The number of carbonyl (C=O) groups excluding carboxylic acids is 1. The van der Waals surface area contributed by atoms with Crippen LogP contribution in [0, 0.1) is 6.92 Å². The van der Waals surface area contributed by atoms with Crippen molar-refractivity contribution in [2.45, 2.75) is 16.4 Å². The van der Waals surface area contributed by atoms with E-state index in [0.717, 1.165) is 5.56 Å². The van der Waals surface area contributed by atoms with E-state index in [9.17, 15) is 13.2 Å². The lowest BCUT2D eigenvalue weighted by Gasteiger charge is -2.18. The number of para-hydroxylation sites is 1. The minimum absolute atomic E-state index is 0.0258. The maximum absolute atomic E-state index is 13.1. The van der Waals surface area contributed by atoms with Gasteiger partial charge in [-0.1, -0.05) is 54.1 Å². The third-order valence-electron chi connectivity index (χ3n) is 4.08. The summed E-state index contributed by atoms with van der Waals surface area (Å²) >= 11 is 1.18. The van der Waals surface area contributed by atoms with Crippen LogP contribution in [0.5, 0.6) is 0 Å². The Morgan fingerprint density at radius 2 is 1.70 bits per heavy atom. The molecule has 0 spiro atoms. The molecule has 1 aromatic heterocycles. The topological polar surface area (TPSA) is 75.3 Å². The van der Waals surface area contributed by atoms with Crippen LogP contribution < -0.4 is 10.6 Å². The van der Waals surface area contributed by atoms with Gasteiger partial charge in [0.25, 0.3) is 0 Å². The molecule has 1 atom stereocenters. The number of hydrogen-bond acceptors (Lipinski definition) is 4. The number of hydrogen-bond donors (Lipinski definition) is 2. The summed E-state index contributed by atoms with van der Waals surface area (Å²) in [7, 11) is -3.62. The molecule has 0 saturated heterocycles. The number of aryl methyl sites for hydroxylation is 1. The first-order valence-corrected chi connectivity index (χ1v) is 10.8. The van der Waals surface area contributed by atoms with Crippen LogP contribution in [-0.4, -0.2) is 21.0 Å². The Morgan fingerprint density at radius 1 is 1.00 bits per heavy atom. The van der Waals surface area contributed by atoms with E-state index in [-0.39, 0.29) is 6.54 Å². The molecular weight excluding hydrogens is 380 g/mol. The van der Waals surface area contributed by atoms with Crippen molar-refractivity contribution in [3.8, 4) is 0 Å². The molecule has 0 unspecified atom stereocenters. The summed E-state index contributed by atoms with van der Waals surface area (Å²) < 4.78 is 26.5. The highest BCUT2D eigenvalue weighted by Crippen LogP contribution is 2.31. The third-order valence-corrected chi connectivity index (χ3v) is 7.61. The molecule has 0 bridgehead atoms. The van der Waals surface area contributed by atoms with Crippen molar-refractivity contribution in [2.75, 3.05) is 11.9 Å². The van der Waals surface area contributed by atoms with Gasteiger partial charge < -0.3 is 10.6 Å². The Balaban J connectivity index is 1.80. The standard InChI is InChI=1S/C20H20N2O3S2/c1-15-9-11-16(12-10-15)18(27(24,25)19-8-5-13-26-19)14-21-20(23)22-17-6-3-2-4-7-17/h2-13,18H,14H2,1H3,(H2,21,22,23)/t18-/m0/s1. The Morgan fingerprint density at radius 3 is 2.33 bits per heavy atom. The molecule has 7 heteroatoms. The van der Waals surface area contributed by atoms with Gasteiger partial charge in [0.2, 0.25) is 0 Å². The first kappa shape index (κ1) is 19.1. The smallest absolute Gasteiger partial charge is 0.319 e. The molecule has 5 nitrogen and oxygen atoms in total. The Hall–Kier alpha value is -2.64. The second-order valence-electron chi connectivity index (χ2n) is 6.08. The molecule has 0 radical (unpaired) electrons. The molecule has 0 aliphatic rings. The summed E-state index contributed by atoms with van der Waals surface area (Å²) in [5, 5.41) is 6.26. The van der Waals surface area contributed by atoms with Gasteiger partial charge in [0.05, 0.1) is 0 Å². The lowest BCUT2D eigenvalue weighted by Crippen LogP contribution is -2.34. The third kappa shape index (κ3) is 4.75. The summed E-state index contributed by atoms with van der Waals surface area (Å²) in [5.74, 6) is 0. The largest absolute Gasteiger partial charge is 0.336 e. The van der Waals surface area contributed by atoms with Crippen LogP contribution in [0.2, 0.25) is 0 Å². The van der Waals surface area contributed by atoms with Gasteiger partial charge >= 0.3 is 6.03 Å². The molecule has 27 heavy (non-hydrogen) atoms. The summed E-state index contributed by atoms with van der Waals surface area (Å²) in [6.07, 6.45) is 0. The van der Waals surface area contributed by atoms with E-state index in [1.54, 1.807) is 41.8 Å². The van der Waals surface area contributed by atoms with Crippen LogP contribution in [0.3, 0.4) is 0 Å². The Kier molecular flexibility index (Phi) is 5.93. The number of urea groups is 1. The number of sulfone groups is 1. The van der Waals surface area contributed by atoms with Crippen LogP contribution in [0.1, 0.15) is 16.4 Å². The first-order chi connectivity index (χ1) is 13.0. The van der Waals surface area contributed by atoms with Gasteiger partial charge in [0.15, 0.2) is 9.84 Å². The van der Waals surface area contributed by atoms with Crippen LogP contribution >= 0.6 is 11.3 Å². The van der Waals surface area contributed by atoms with Crippen molar-refractivity contribution < 1.29 is 13.2 Å². The van der Waals surface area contributed by atoms with E-state index in [1.165, 1.54) is 11.3 Å². The number of carbonyl (C=O) groups is 1. The fourth-order valence-corrected chi connectivity index (χ4v) is 5.50. The number of benzene rings is 2. The van der Waals surface area contributed by atoms with E-state index in [2.05, 4.69) is 10.6 Å². The summed E-state index contributed by atoms with van der Waals surface area (Å²) in [6, 6.07) is 19.2. The molecule has 140 valence electrons. The van der Waals surface area contributed by atoms with Crippen LogP contribution in [0.25, 0.3) is 0 Å². The molecular formula is C20H20N2O3S2. The van der Waals surface area contributed by atoms with Crippen LogP contribution in [-0.2, 0) is 9.84 Å². The lowest BCUT2D eigenvalue weighted by molar-refractivity contribution is 0.252. The SMILES string of the molecule is Cc1ccc([C@H](CNC(=O)Nc2ccccc2)S(=O)(=O)c2cccs2)cc1. The van der Waals surface area contributed by atoms with Gasteiger partial charge in [-0.25, -0.2) is 13.2 Å². The van der Waals surface area contributed by atoms with E-state index in [0.29, 0.717) is 15.5 Å². The van der Waals surface area contributed by atoms with Gasteiger partial charge in [-0.3, -0.25) is 0 Å². The van der Waals surface area contributed by atoms with Gasteiger partial charge in [-0.2, -0.15) is 0 Å². The fraction of sp³-hybridized carbons (Fsp3) is 0.150. The predicted molar refractivity (Wildman–Crippen MR) is 109 cm³/mol. The second-order valence-corrected chi connectivity index (χ2v) is 9.38. The average Bonchev–Trinajstić information content (AvgIpc) is 3.20. The number of amides is 2. The maximum atomic E-state index is 13.1. The van der Waals surface area contributed by atoms with Crippen molar-refractivity contribution in [1.82, 2.24) is 5.32 Å². The molecule has 1 heterocycles. The van der Waals surface area contributed by atoms with E-state index in [1.807, 2.05) is 37.3 Å². The van der Waals surface area contributed by atoms with Crippen molar-refractivity contribution in [3.05, 3.63) is 83.2 Å². The monoisotopic (exact) mass is 400 g/mol. The summed E-state index contributed by atoms with van der Waals surface area (Å²) in [4.78, 5) is 12.2. The van der Waals surface area contributed by atoms with Crippen LogP contribution in [0.15, 0.2) is 76.3 Å². The molecule has 0 fully saturated rings. The van der Waals surface area contributed by atoms with Crippen molar-refractivity contribution in [2.24, 2.45) is 0 Å². The quantitative estimate of drug-likeness (QED) is 0.644. The summed E-state index contributed by atoms with van der Waals surface area (Å²) in [6.45, 7) is 1.92. The zero-order valence-electron chi connectivity index (χ0n) is 14.8. The molecule has 0 aliphatic carbocycles. The molecule has 3 aromatic rings. The summed E-state index contributed by atoms with van der Waals surface area (Å²) in [5.41, 5.74) is 2.33. The van der Waals surface area contributed by atoms with Crippen molar-refractivity contribution >= 4 is 32.9 Å². The predicted octanol–water partition coefficient (Wildman–Crippen LogP) is 4.39.